The monoisotopic (exact) mass is 405 g/mol. The normalized spacial score (nSPS) is 10.5. The van der Waals surface area contributed by atoms with E-state index in [9.17, 15) is 18.0 Å². The Kier molecular flexibility index (Phi) is 4.87. The van der Waals surface area contributed by atoms with E-state index < -0.39 is 17.5 Å². The Hall–Kier alpha value is -1.57. The van der Waals surface area contributed by atoms with Crippen molar-refractivity contribution in [2.24, 2.45) is 0 Å². The zero-order valence-electron chi connectivity index (χ0n) is 11.0. The molecular weight excluding hydrogens is 394 g/mol. The van der Waals surface area contributed by atoms with Crippen LogP contribution in [0.15, 0.2) is 36.4 Å². The lowest BCUT2D eigenvalue weighted by Crippen LogP contribution is -2.27. The Balaban J connectivity index is 2.19. The van der Waals surface area contributed by atoms with Crippen LogP contribution in [-0.4, -0.2) is 17.9 Å². The zero-order valence-corrected chi connectivity index (χ0v) is 13.2. The number of carbonyl (C=O) groups excluding carboxylic acids is 1. The van der Waals surface area contributed by atoms with E-state index in [1.165, 1.54) is 36.2 Å². The Bertz CT molecular complexity index is 691. The van der Waals surface area contributed by atoms with Gasteiger partial charge in [-0.2, -0.15) is 0 Å². The number of nitrogens with zero attached hydrogens (tertiary/aromatic N) is 1. The summed E-state index contributed by atoms with van der Waals surface area (Å²) in [5.74, 6) is -2.16. The summed E-state index contributed by atoms with van der Waals surface area (Å²) in [7, 11) is 1.50. The Labute approximate surface area is 133 Å². The van der Waals surface area contributed by atoms with E-state index in [2.05, 4.69) is 0 Å². The van der Waals surface area contributed by atoms with Gasteiger partial charge in [-0.3, -0.25) is 4.79 Å². The number of halogens is 4. The predicted octanol–water partition coefficient (Wildman–Crippen LogP) is 3.98. The summed E-state index contributed by atoms with van der Waals surface area (Å²) in [6, 6.07) is 7.04. The fourth-order valence-corrected chi connectivity index (χ4v) is 2.55. The molecule has 0 aliphatic rings. The van der Waals surface area contributed by atoms with Gasteiger partial charge in [-0.15, -0.1) is 0 Å². The average Bonchev–Trinajstić information content (AvgIpc) is 2.41. The molecule has 0 N–H and O–H groups in total. The molecule has 0 atom stereocenters. The van der Waals surface area contributed by atoms with Gasteiger partial charge in [-0.05, 0) is 46.9 Å². The van der Waals surface area contributed by atoms with Gasteiger partial charge < -0.3 is 4.90 Å². The van der Waals surface area contributed by atoms with Crippen molar-refractivity contribution in [2.45, 2.75) is 6.54 Å². The molecule has 0 spiro atoms. The minimum Gasteiger partial charge on any atom is -0.337 e. The highest BCUT2D eigenvalue weighted by Crippen LogP contribution is 2.18. The van der Waals surface area contributed by atoms with Crippen molar-refractivity contribution in [3.8, 4) is 0 Å². The molecule has 0 fully saturated rings. The van der Waals surface area contributed by atoms with Crippen LogP contribution in [0.1, 0.15) is 15.9 Å². The number of rotatable bonds is 3. The Morgan fingerprint density at radius 3 is 2.33 bits per heavy atom. The van der Waals surface area contributed by atoms with E-state index >= 15 is 0 Å². The molecule has 6 heteroatoms. The first kappa shape index (κ1) is 15.8. The van der Waals surface area contributed by atoms with Gasteiger partial charge in [-0.1, -0.05) is 6.07 Å². The third kappa shape index (κ3) is 3.75. The molecule has 2 nitrogen and oxygen atoms in total. The van der Waals surface area contributed by atoms with E-state index in [0.29, 0.717) is 9.13 Å². The highest BCUT2D eigenvalue weighted by molar-refractivity contribution is 14.1. The van der Waals surface area contributed by atoms with Gasteiger partial charge >= 0.3 is 0 Å². The van der Waals surface area contributed by atoms with Crippen LogP contribution in [0.5, 0.6) is 0 Å². The van der Waals surface area contributed by atoms with Crippen LogP contribution in [0.3, 0.4) is 0 Å². The first-order chi connectivity index (χ1) is 9.88. The minimum absolute atomic E-state index is 0.00158. The molecule has 0 aliphatic carbocycles. The summed E-state index contributed by atoms with van der Waals surface area (Å²) in [5.41, 5.74) is 0.548. The van der Waals surface area contributed by atoms with E-state index in [1.54, 1.807) is 0 Å². The van der Waals surface area contributed by atoms with E-state index in [0.717, 1.165) is 12.1 Å². The fourth-order valence-electron chi connectivity index (χ4n) is 1.85. The van der Waals surface area contributed by atoms with Crippen LogP contribution in [0, 0.1) is 21.0 Å². The molecule has 2 aromatic carbocycles. The average molecular weight is 405 g/mol. The molecule has 21 heavy (non-hydrogen) atoms. The highest BCUT2D eigenvalue weighted by atomic mass is 127. The molecule has 2 rings (SSSR count). The Morgan fingerprint density at radius 2 is 1.71 bits per heavy atom. The van der Waals surface area contributed by atoms with Crippen molar-refractivity contribution < 1.29 is 18.0 Å². The summed E-state index contributed by atoms with van der Waals surface area (Å²) in [6.07, 6.45) is 0. The lowest BCUT2D eigenvalue weighted by atomic mass is 10.1. The van der Waals surface area contributed by atoms with Crippen LogP contribution < -0.4 is 0 Å². The molecule has 0 radical (unpaired) electrons. The quantitative estimate of drug-likeness (QED) is 0.708. The Morgan fingerprint density at radius 1 is 1.10 bits per heavy atom. The van der Waals surface area contributed by atoms with Crippen LogP contribution in [-0.2, 0) is 6.54 Å². The van der Waals surface area contributed by atoms with E-state index in [1.807, 2.05) is 22.6 Å². The summed E-state index contributed by atoms with van der Waals surface area (Å²) in [6.45, 7) is -0.00158. The van der Waals surface area contributed by atoms with Crippen molar-refractivity contribution in [1.82, 2.24) is 4.90 Å². The number of amides is 1. The van der Waals surface area contributed by atoms with Gasteiger partial charge in [0.2, 0.25) is 0 Å². The van der Waals surface area contributed by atoms with Gasteiger partial charge in [0.1, 0.15) is 17.5 Å². The lowest BCUT2D eigenvalue weighted by molar-refractivity contribution is 0.0782. The lowest BCUT2D eigenvalue weighted by Gasteiger charge is -2.18. The molecule has 0 bridgehead atoms. The highest BCUT2D eigenvalue weighted by Gasteiger charge is 2.17. The summed E-state index contributed by atoms with van der Waals surface area (Å²) in [5, 5.41) is 0. The number of carbonyl (C=O) groups is 1. The SMILES string of the molecule is CN(Cc1ccc(F)cc1F)C(=O)c1ccc(F)cc1I. The molecule has 0 aliphatic heterocycles. The van der Waals surface area contributed by atoms with Crippen molar-refractivity contribution >= 4 is 28.5 Å². The number of hydrogen-bond acceptors (Lipinski definition) is 1. The second-order valence-corrected chi connectivity index (χ2v) is 5.68. The van der Waals surface area contributed by atoms with E-state index in [4.69, 9.17) is 0 Å². The first-order valence-corrected chi connectivity index (χ1v) is 7.11. The van der Waals surface area contributed by atoms with Gasteiger partial charge in [0.15, 0.2) is 0 Å². The van der Waals surface area contributed by atoms with Crippen molar-refractivity contribution in [3.05, 3.63) is 68.5 Å². The second kappa shape index (κ2) is 6.46. The molecule has 0 saturated carbocycles. The van der Waals surface area contributed by atoms with Gasteiger partial charge in [-0.25, -0.2) is 13.2 Å². The number of hydrogen-bond donors (Lipinski definition) is 0. The van der Waals surface area contributed by atoms with Crippen molar-refractivity contribution in [2.75, 3.05) is 7.05 Å². The molecule has 110 valence electrons. The third-order valence-corrected chi connectivity index (χ3v) is 3.82. The summed E-state index contributed by atoms with van der Waals surface area (Å²) < 4.78 is 39.9. The van der Waals surface area contributed by atoms with E-state index in [-0.39, 0.29) is 18.0 Å². The van der Waals surface area contributed by atoms with Gasteiger partial charge in [0.05, 0.1) is 5.56 Å². The maximum atomic E-state index is 13.6. The largest absolute Gasteiger partial charge is 0.337 e. The molecule has 0 unspecified atom stereocenters. The molecule has 2 aromatic rings. The predicted molar refractivity (Wildman–Crippen MR) is 81.3 cm³/mol. The fraction of sp³-hybridized carbons (Fsp3) is 0.133. The molecular formula is C15H11F3INO. The summed E-state index contributed by atoms with van der Waals surface area (Å²) in [4.78, 5) is 13.6. The third-order valence-electron chi connectivity index (χ3n) is 2.93. The summed E-state index contributed by atoms with van der Waals surface area (Å²) >= 11 is 1.87. The van der Waals surface area contributed by atoms with Crippen LogP contribution in [0.25, 0.3) is 0 Å². The van der Waals surface area contributed by atoms with Crippen LogP contribution >= 0.6 is 22.6 Å². The van der Waals surface area contributed by atoms with Gasteiger partial charge in [0, 0.05) is 28.8 Å². The molecule has 1 amide bonds. The van der Waals surface area contributed by atoms with Crippen LogP contribution in [0.4, 0.5) is 13.2 Å². The first-order valence-electron chi connectivity index (χ1n) is 6.03. The maximum Gasteiger partial charge on any atom is 0.254 e. The van der Waals surface area contributed by atoms with Crippen molar-refractivity contribution in [1.29, 1.82) is 0 Å². The molecule has 0 aromatic heterocycles. The standard InChI is InChI=1S/C15H11F3INO/c1-20(8-9-2-3-10(16)6-13(9)18)15(21)12-5-4-11(17)7-14(12)19/h2-7H,8H2,1H3. The maximum absolute atomic E-state index is 13.6. The second-order valence-electron chi connectivity index (χ2n) is 4.52. The smallest absolute Gasteiger partial charge is 0.254 e. The molecule has 0 heterocycles. The van der Waals surface area contributed by atoms with Crippen LogP contribution in [0.2, 0.25) is 0 Å². The topological polar surface area (TPSA) is 20.3 Å². The number of benzene rings is 2. The van der Waals surface area contributed by atoms with Gasteiger partial charge in [0.25, 0.3) is 5.91 Å². The zero-order chi connectivity index (χ0) is 15.6. The molecule has 0 saturated heterocycles. The van der Waals surface area contributed by atoms with Crippen molar-refractivity contribution in [3.63, 3.8) is 0 Å². The minimum atomic E-state index is -0.705.